The summed E-state index contributed by atoms with van der Waals surface area (Å²) >= 11 is 0. The molecule has 46 heavy (non-hydrogen) atoms. The van der Waals surface area contributed by atoms with Gasteiger partial charge >= 0.3 is 12.0 Å². The quantitative estimate of drug-likeness (QED) is 0.158. The molecule has 0 bridgehead atoms. The van der Waals surface area contributed by atoms with Crippen LogP contribution in [0.1, 0.15) is 57.7 Å². The number of allylic oxidation sites excluding steroid dienone is 1. The number of carboxylic acid groups (broad SMARTS) is 1. The summed E-state index contributed by atoms with van der Waals surface area (Å²) in [7, 11) is 1.41. The van der Waals surface area contributed by atoms with Crippen LogP contribution in [0.15, 0.2) is 71.2 Å². The largest absolute Gasteiger partial charge is 0.478 e. The van der Waals surface area contributed by atoms with E-state index in [9.17, 15) is 23.9 Å². The Kier molecular flexibility index (Phi) is 9.01. The SMILES string of the molecule is C=C/C(=N\C(=N/C)OCc1ccc(C#N)cc1F)c1ccc(Cc2nc3c(F)cc(C(=O)O)cc3n2CC2(CC#N)CC2)cc1F. The van der Waals surface area contributed by atoms with Crippen molar-refractivity contribution in [1.29, 1.82) is 10.5 Å². The summed E-state index contributed by atoms with van der Waals surface area (Å²) in [5, 5.41) is 27.8. The van der Waals surface area contributed by atoms with E-state index < -0.39 is 23.4 Å². The number of amidine groups is 1. The van der Waals surface area contributed by atoms with Crippen molar-refractivity contribution in [3.8, 4) is 12.1 Å². The fourth-order valence-corrected chi connectivity index (χ4v) is 5.14. The van der Waals surface area contributed by atoms with Gasteiger partial charge in [-0.2, -0.15) is 15.5 Å². The topological polar surface area (TPSA) is 137 Å². The Bertz CT molecular complexity index is 2010. The zero-order valence-corrected chi connectivity index (χ0v) is 24.7. The van der Waals surface area contributed by atoms with Gasteiger partial charge in [0.25, 0.3) is 0 Å². The number of fused-ring (bicyclic) bond motifs is 1. The van der Waals surface area contributed by atoms with Crippen LogP contribution in [0.2, 0.25) is 0 Å². The molecule has 9 nitrogen and oxygen atoms in total. The first kappa shape index (κ1) is 31.7. The predicted molar refractivity (Wildman–Crippen MR) is 164 cm³/mol. The lowest BCUT2D eigenvalue weighted by molar-refractivity contribution is 0.0696. The maximum Gasteiger partial charge on any atom is 0.335 e. The summed E-state index contributed by atoms with van der Waals surface area (Å²) in [6, 6.07) is 14.6. The van der Waals surface area contributed by atoms with E-state index in [-0.39, 0.29) is 64.4 Å². The number of aromatic nitrogens is 2. The molecule has 0 aliphatic heterocycles. The normalized spacial score (nSPS) is 14.0. The van der Waals surface area contributed by atoms with Gasteiger partial charge in [0.15, 0.2) is 5.82 Å². The standard InChI is InChI=1S/C34H27F3N6O3/c1-3-28(41-33(40-2)46-18-22-6-4-21(17-39)13-25(22)35)24-7-5-20(12-26(24)36)14-30-42-31-27(37)15-23(32(44)45)16-29(31)43(30)19-34(8-9-34)10-11-38/h3-7,12-13,15-16H,1,8-10,14,18-19H2,2H3,(H,44,45)/b40-33+,41-28+. The van der Waals surface area contributed by atoms with Crippen LogP contribution >= 0.6 is 0 Å². The number of ether oxygens (including phenoxy) is 1. The number of nitrogens with zero attached hydrogens (tertiary/aromatic N) is 6. The Morgan fingerprint density at radius 1 is 1.13 bits per heavy atom. The molecule has 0 radical (unpaired) electrons. The highest BCUT2D eigenvalue weighted by Gasteiger charge is 2.43. The Labute approximate surface area is 262 Å². The van der Waals surface area contributed by atoms with Gasteiger partial charge in [0.2, 0.25) is 0 Å². The third-order valence-electron chi connectivity index (χ3n) is 7.85. The number of carboxylic acids is 1. The molecule has 3 aromatic carbocycles. The zero-order valence-electron chi connectivity index (χ0n) is 24.7. The molecule has 4 aromatic rings. The zero-order chi connectivity index (χ0) is 33.0. The second-order valence-electron chi connectivity index (χ2n) is 11.0. The van der Waals surface area contributed by atoms with Gasteiger partial charge in [0, 0.05) is 43.0 Å². The van der Waals surface area contributed by atoms with Crippen LogP contribution < -0.4 is 0 Å². The van der Waals surface area contributed by atoms with Crippen molar-refractivity contribution in [3.63, 3.8) is 0 Å². The van der Waals surface area contributed by atoms with Gasteiger partial charge in [-0.15, -0.1) is 0 Å². The van der Waals surface area contributed by atoms with Gasteiger partial charge in [-0.05, 0) is 60.9 Å². The van der Waals surface area contributed by atoms with E-state index in [4.69, 9.17) is 10.00 Å². The predicted octanol–water partition coefficient (Wildman–Crippen LogP) is 6.49. The smallest absolute Gasteiger partial charge is 0.335 e. The number of aromatic carboxylic acids is 1. The Hall–Kier alpha value is -5.75. The lowest BCUT2D eigenvalue weighted by Gasteiger charge is -2.16. The molecule has 232 valence electrons. The first-order valence-electron chi connectivity index (χ1n) is 14.2. The van der Waals surface area contributed by atoms with E-state index in [2.05, 4.69) is 27.6 Å². The average molecular weight is 625 g/mol. The van der Waals surface area contributed by atoms with E-state index in [0.717, 1.165) is 25.0 Å². The highest BCUT2D eigenvalue weighted by Crippen LogP contribution is 2.50. The van der Waals surface area contributed by atoms with Gasteiger partial charge in [-0.25, -0.2) is 27.9 Å². The van der Waals surface area contributed by atoms with Gasteiger partial charge in [-0.3, -0.25) is 0 Å². The van der Waals surface area contributed by atoms with Crippen molar-refractivity contribution in [2.75, 3.05) is 7.05 Å². The number of rotatable bonds is 10. The number of nitriles is 2. The van der Waals surface area contributed by atoms with Crippen molar-refractivity contribution in [2.24, 2.45) is 15.4 Å². The van der Waals surface area contributed by atoms with E-state index in [0.29, 0.717) is 23.4 Å². The molecule has 1 saturated carbocycles. The molecule has 0 saturated heterocycles. The van der Waals surface area contributed by atoms with Crippen LogP contribution in [0.4, 0.5) is 13.2 Å². The lowest BCUT2D eigenvalue weighted by Crippen LogP contribution is -2.15. The summed E-state index contributed by atoms with van der Waals surface area (Å²) in [5.41, 5.74) is 0.787. The van der Waals surface area contributed by atoms with Crippen LogP contribution in [0.5, 0.6) is 0 Å². The molecule has 1 aromatic heterocycles. The number of carbonyl (C=O) groups is 1. The lowest BCUT2D eigenvalue weighted by atomic mass is 10.0. The number of benzene rings is 3. The second-order valence-corrected chi connectivity index (χ2v) is 11.0. The number of aliphatic imine (C=N–C) groups is 2. The van der Waals surface area contributed by atoms with Crippen molar-refractivity contribution in [1.82, 2.24) is 9.55 Å². The van der Waals surface area contributed by atoms with Gasteiger partial charge < -0.3 is 14.4 Å². The number of hydrogen-bond acceptors (Lipinski definition) is 6. The molecular formula is C34H27F3N6O3. The van der Waals surface area contributed by atoms with E-state index in [1.807, 2.05) is 6.07 Å². The van der Waals surface area contributed by atoms with Crippen LogP contribution in [0, 0.1) is 45.5 Å². The Balaban J connectivity index is 1.42. The fourth-order valence-electron chi connectivity index (χ4n) is 5.14. The summed E-state index contributed by atoms with van der Waals surface area (Å²) in [6.45, 7) is 3.82. The molecule has 1 aliphatic rings. The summed E-state index contributed by atoms with van der Waals surface area (Å²) in [6.07, 6.45) is 3.29. The molecule has 0 spiro atoms. The number of imidazole rings is 1. The fraction of sp³-hybridized carbons (Fsp3) is 0.235. The molecule has 1 fully saturated rings. The van der Waals surface area contributed by atoms with Crippen molar-refractivity contribution in [2.45, 2.75) is 38.8 Å². The molecule has 1 heterocycles. The van der Waals surface area contributed by atoms with Crippen molar-refractivity contribution < 1.29 is 27.8 Å². The summed E-state index contributed by atoms with van der Waals surface area (Å²) in [5.74, 6) is -2.94. The highest BCUT2D eigenvalue weighted by atomic mass is 19.1. The van der Waals surface area contributed by atoms with Gasteiger partial charge in [0.05, 0.1) is 34.5 Å². The van der Waals surface area contributed by atoms with Crippen molar-refractivity contribution in [3.05, 3.63) is 112 Å². The summed E-state index contributed by atoms with van der Waals surface area (Å²) in [4.78, 5) is 24.3. The first-order valence-corrected chi connectivity index (χ1v) is 14.2. The second kappa shape index (κ2) is 13.1. The Morgan fingerprint density at radius 3 is 2.52 bits per heavy atom. The third kappa shape index (κ3) is 6.66. The van der Waals surface area contributed by atoms with Crippen LogP contribution in [-0.2, 0) is 24.3 Å². The molecule has 5 rings (SSSR count). The maximum absolute atomic E-state index is 15.5. The van der Waals surface area contributed by atoms with Crippen molar-refractivity contribution >= 4 is 28.7 Å². The van der Waals surface area contributed by atoms with E-state index >= 15 is 4.39 Å². The molecular weight excluding hydrogens is 597 g/mol. The molecule has 12 heteroatoms. The van der Waals surface area contributed by atoms with Crippen LogP contribution in [0.25, 0.3) is 11.0 Å². The van der Waals surface area contributed by atoms with Crippen LogP contribution in [-0.4, -0.2) is 39.4 Å². The average Bonchev–Trinajstić information content (AvgIpc) is 3.71. The molecule has 0 atom stereocenters. The third-order valence-corrected chi connectivity index (χ3v) is 7.85. The minimum atomic E-state index is -1.28. The monoisotopic (exact) mass is 624 g/mol. The minimum absolute atomic E-state index is 0.00167. The molecule has 1 N–H and O–H groups in total. The van der Waals surface area contributed by atoms with Gasteiger partial charge in [-0.1, -0.05) is 18.7 Å². The first-order chi connectivity index (χ1) is 22.1. The van der Waals surface area contributed by atoms with Gasteiger partial charge in [0.1, 0.15) is 29.6 Å². The minimum Gasteiger partial charge on any atom is -0.478 e. The number of halogens is 3. The molecule has 1 aliphatic carbocycles. The molecule has 0 amide bonds. The Morgan fingerprint density at radius 2 is 1.91 bits per heavy atom. The summed E-state index contributed by atoms with van der Waals surface area (Å²) < 4.78 is 52.1. The van der Waals surface area contributed by atoms with Crippen LogP contribution in [0.3, 0.4) is 0 Å². The highest BCUT2D eigenvalue weighted by molar-refractivity contribution is 6.12. The maximum atomic E-state index is 15.5. The van der Waals surface area contributed by atoms with E-state index in [1.54, 1.807) is 10.6 Å². The molecule has 0 unspecified atom stereocenters. The van der Waals surface area contributed by atoms with E-state index in [1.165, 1.54) is 43.5 Å². The number of hydrogen-bond donors (Lipinski definition) is 1.